The van der Waals surface area contributed by atoms with Crippen molar-refractivity contribution in [2.75, 3.05) is 13.7 Å². The Morgan fingerprint density at radius 2 is 1.93 bits per heavy atom. The standard InChI is InChI=1S/C22H24ClNO4/c1-15(18-9-3-4-10-19(18)27-2)24-20(25)14-28-21(26)22(11-6-12-22)16-7-5-8-17(23)13-16/h3-5,7-10,13,15H,6,11-12,14H2,1-2H3,(H,24,25). The fourth-order valence-corrected chi connectivity index (χ4v) is 3.77. The normalized spacial score (nSPS) is 15.8. The number of nitrogens with one attached hydrogen (secondary N) is 1. The van der Waals surface area contributed by atoms with Gasteiger partial charge in [-0.1, -0.05) is 48.4 Å². The van der Waals surface area contributed by atoms with Crippen LogP contribution in [0.4, 0.5) is 0 Å². The second-order valence-corrected chi connectivity index (χ2v) is 7.49. The monoisotopic (exact) mass is 401 g/mol. The molecule has 28 heavy (non-hydrogen) atoms. The molecule has 6 heteroatoms. The highest BCUT2D eigenvalue weighted by Gasteiger charge is 2.47. The zero-order valence-electron chi connectivity index (χ0n) is 16.0. The number of esters is 1. The molecule has 1 aliphatic rings. The van der Waals surface area contributed by atoms with E-state index in [0.717, 1.165) is 17.5 Å². The van der Waals surface area contributed by atoms with Crippen LogP contribution in [0.1, 0.15) is 43.4 Å². The lowest BCUT2D eigenvalue weighted by atomic mass is 9.64. The Labute approximate surface area is 170 Å². The number of halogens is 1. The van der Waals surface area contributed by atoms with Gasteiger partial charge in [-0.2, -0.15) is 0 Å². The molecular weight excluding hydrogens is 378 g/mol. The van der Waals surface area contributed by atoms with E-state index < -0.39 is 5.41 Å². The zero-order chi connectivity index (χ0) is 20.1. The Morgan fingerprint density at radius 1 is 1.18 bits per heavy atom. The molecule has 5 nitrogen and oxygen atoms in total. The summed E-state index contributed by atoms with van der Waals surface area (Å²) in [5, 5.41) is 3.43. The van der Waals surface area contributed by atoms with E-state index in [2.05, 4.69) is 5.32 Å². The van der Waals surface area contributed by atoms with Crippen LogP contribution < -0.4 is 10.1 Å². The van der Waals surface area contributed by atoms with Crippen LogP contribution in [0, 0.1) is 0 Å². The summed E-state index contributed by atoms with van der Waals surface area (Å²) in [6.45, 7) is 1.54. The molecule has 0 aliphatic heterocycles. The van der Waals surface area contributed by atoms with Gasteiger partial charge in [-0.3, -0.25) is 9.59 Å². The van der Waals surface area contributed by atoms with Crippen LogP contribution in [-0.4, -0.2) is 25.6 Å². The van der Waals surface area contributed by atoms with Crippen LogP contribution in [0.15, 0.2) is 48.5 Å². The van der Waals surface area contributed by atoms with E-state index in [4.69, 9.17) is 21.1 Å². The van der Waals surface area contributed by atoms with Crippen LogP contribution >= 0.6 is 11.6 Å². The van der Waals surface area contributed by atoms with Gasteiger partial charge in [0.05, 0.1) is 18.6 Å². The predicted octanol–water partition coefficient (Wildman–Crippen LogP) is 4.19. The molecule has 0 aromatic heterocycles. The van der Waals surface area contributed by atoms with Crippen LogP contribution in [0.2, 0.25) is 5.02 Å². The number of benzene rings is 2. The van der Waals surface area contributed by atoms with Gasteiger partial charge in [-0.05, 0) is 43.5 Å². The Hall–Kier alpha value is -2.53. The Balaban J connectivity index is 1.60. The molecule has 0 bridgehead atoms. The topological polar surface area (TPSA) is 64.6 Å². The number of carbonyl (C=O) groups is 2. The third kappa shape index (κ3) is 4.14. The molecule has 0 saturated heterocycles. The van der Waals surface area contributed by atoms with Crippen molar-refractivity contribution in [3.63, 3.8) is 0 Å². The fourth-order valence-electron chi connectivity index (χ4n) is 3.58. The van der Waals surface area contributed by atoms with Crippen molar-refractivity contribution in [3.05, 3.63) is 64.7 Å². The first-order valence-corrected chi connectivity index (χ1v) is 9.69. The molecule has 0 spiro atoms. The SMILES string of the molecule is COc1ccccc1C(C)NC(=O)COC(=O)C1(c2cccc(Cl)c2)CCC1. The summed E-state index contributed by atoms with van der Waals surface area (Å²) in [6, 6.07) is 14.5. The molecule has 2 aromatic rings. The minimum absolute atomic E-state index is 0.270. The first-order chi connectivity index (χ1) is 13.5. The molecule has 1 atom stereocenters. The quantitative estimate of drug-likeness (QED) is 0.706. The highest BCUT2D eigenvalue weighted by atomic mass is 35.5. The number of ether oxygens (including phenoxy) is 2. The van der Waals surface area contributed by atoms with E-state index in [1.807, 2.05) is 43.3 Å². The lowest BCUT2D eigenvalue weighted by Crippen LogP contribution is -2.45. The molecule has 0 radical (unpaired) electrons. The van der Waals surface area contributed by atoms with Crippen molar-refractivity contribution < 1.29 is 19.1 Å². The van der Waals surface area contributed by atoms with Crippen LogP contribution in [0.5, 0.6) is 5.75 Å². The minimum Gasteiger partial charge on any atom is -0.496 e. The maximum absolute atomic E-state index is 12.8. The number of rotatable bonds is 7. The van der Waals surface area contributed by atoms with Gasteiger partial charge in [0, 0.05) is 10.6 Å². The Kier molecular flexibility index (Phi) is 6.25. The van der Waals surface area contributed by atoms with Crippen molar-refractivity contribution in [1.29, 1.82) is 0 Å². The molecule has 3 rings (SSSR count). The lowest BCUT2D eigenvalue weighted by Gasteiger charge is -2.39. The smallest absolute Gasteiger partial charge is 0.317 e. The van der Waals surface area contributed by atoms with E-state index in [1.54, 1.807) is 19.2 Å². The van der Waals surface area contributed by atoms with E-state index in [9.17, 15) is 9.59 Å². The highest BCUT2D eigenvalue weighted by molar-refractivity contribution is 6.30. The number of para-hydroxylation sites is 1. The van der Waals surface area contributed by atoms with Gasteiger partial charge in [0.25, 0.3) is 5.91 Å². The lowest BCUT2D eigenvalue weighted by molar-refractivity contribution is -0.157. The van der Waals surface area contributed by atoms with Crippen molar-refractivity contribution in [2.45, 2.75) is 37.6 Å². The van der Waals surface area contributed by atoms with Crippen LogP contribution in [0.25, 0.3) is 0 Å². The van der Waals surface area contributed by atoms with Gasteiger partial charge in [0.2, 0.25) is 0 Å². The van der Waals surface area contributed by atoms with E-state index in [0.29, 0.717) is 23.6 Å². The summed E-state index contributed by atoms with van der Waals surface area (Å²) in [4.78, 5) is 25.1. The maximum atomic E-state index is 12.8. The maximum Gasteiger partial charge on any atom is 0.317 e. The highest BCUT2D eigenvalue weighted by Crippen LogP contribution is 2.45. The average molecular weight is 402 g/mol. The van der Waals surface area contributed by atoms with Crippen LogP contribution in [0.3, 0.4) is 0 Å². The van der Waals surface area contributed by atoms with Gasteiger partial charge < -0.3 is 14.8 Å². The number of amides is 1. The van der Waals surface area contributed by atoms with E-state index in [-0.39, 0.29) is 24.5 Å². The van der Waals surface area contributed by atoms with Crippen molar-refractivity contribution in [1.82, 2.24) is 5.32 Å². The van der Waals surface area contributed by atoms with Crippen molar-refractivity contribution >= 4 is 23.5 Å². The third-order valence-corrected chi connectivity index (χ3v) is 5.53. The summed E-state index contributed by atoms with van der Waals surface area (Å²) < 4.78 is 10.7. The first kappa shape index (κ1) is 20.2. The zero-order valence-corrected chi connectivity index (χ0v) is 16.8. The average Bonchev–Trinajstić information content (AvgIpc) is 2.65. The minimum atomic E-state index is -0.695. The number of hydrogen-bond acceptors (Lipinski definition) is 4. The first-order valence-electron chi connectivity index (χ1n) is 9.32. The summed E-state index contributed by atoms with van der Waals surface area (Å²) in [5.74, 6) is -0.0323. The molecule has 0 heterocycles. The predicted molar refractivity (Wildman–Crippen MR) is 107 cm³/mol. The molecule has 1 amide bonds. The second-order valence-electron chi connectivity index (χ2n) is 7.05. The second kappa shape index (κ2) is 8.65. The van der Waals surface area contributed by atoms with Crippen LogP contribution in [-0.2, 0) is 19.7 Å². The Morgan fingerprint density at radius 3 is 2.57 bits per heavy atom. The van der Waals surface area contributed by atoms with E-state index in [1.165, 1.54) is 0 Å². The molecule has 1 unspecified atom stereocenters. The number of methoxy groups -OCH3 is 1. The van der Waals surface area contributed by atoms with Gasteiger partial charge in [-0.15, -0.1) is 0 Å². The fraction of sp³-hybridized carbons (Fsp3) is 0.364. The van der Waals surface area contributed by atoms with Gasteiger partial charge in [0.15, 0.2) is 6.61 Å². The molecule has 2 aromatic carbocycles. The number of carbonyl (C=O) groups excluding carboxylic acids is 2. The summed E-state index contributed by atoms with van der Waals surface area (Å²) in [6.07, 6.45) is 2.34. The van der Waals surface area contributed by atoms with Crippen molar-refractivity contribution in [3.8, 4) is 5.75 Å². The molecule has 148 valence electrons. The van der Waals surface area contributed by atoms with Gasteiger partial charge in [0.1, 0.15) is 5.75 Å². The van der Waals surface area contributed by atoms with E-state index >= 15 is 0 Å². The summed E-state index contributed by atoms with van der Waals surface area (Å²) >= 11 is 6.08. The Bertz CT molecular complexity index is 863. The van der Waals surface area contributed by atoms with Crippen molar-refractivity contribution in [2.24, 2.45) is 0 Å². The molecule has 1 fully saturated rings. The van der Waals surface area contributed by atoms with Gasteiger partial charge >= 0.3 is 5.97 Å². The summed E-state index contributed by atoms with van der Waals surface area (Å²) in [5.41, 5.74) is 1.01. The summed E-state index contributed by atoms with van der Waals surface area (Å²) in [7, 11) is 1.59. The molecular formula is C22H24ClNO4. The number of hydrogen-bond donors (Lipinski definition) is 1. The molecule has 1 saturated carbocycles. The van der Waals surface area contributed by atoms with Gasteiger partial charge in [-0.25, -0.2) is 0 Å². The molecule has 1 N–H and O–H groups in total. The third-order valence-electron chi connectivity index (χ3n) is 5.29. The molecule has 1 aliphatic carbocycles. The largest absolute Gasteiger partial charge is 0.496 e.